The van der Waals surface area contributed by atoms with Crippen molar-refractivity contribution < 1.29 is 19.1 Å². The molecule has 0 radical (unpaired) electrons. The van der Waals surface area contributed by atoms with Gasteiger partial charge in [-0.2, -0.15) is 5.26 Å². The first kappa shape index (κ1) is 21.6. The number of nitrogens with zero attached hydrogens (tertiary/aromatic N) is 3. The molecule has 29 heavy (non-hydrogen) atoms. The lowest BCUT2D eigenvalue weighted by Crippen LogP contribution is -2.37. The zero-order valence-electron chi connectivity index (χ0n) is 16.8. The van der Waals surface area contributed by atoms with Crippen LogP contribution in [0, 0.1) is 11.3 Å². The number of aromatic nitrogens is 2. The fraction of sp³-hybridized carbons (Fsp3) is 0.350. The number of hydrogen-bond donors (Lipinski definition) is 2. The Morgan fingerprint density at radius 2 is 1.90 bits per heavy atom. The van der Waals surface area contributed by atoms with E-state index in [9.17, 15) is 9.59 Å². The Bertz CT molecular complexity index is 914. The van der Waals surface area contributed by atoms with Crippen molar-refractivity contribution in [3.63, 3.8) is 0 Å². The number of rotatable bonds is 6. The van der Waals surface area contributed by atoms with E-state index in [-0.39, 0.29) is 12.6 Å². The SMILES string of the molecule is CCc1cc(C#N)ccc1Oc1ncc(NC(=O)CNC(=O)OC(C)(C)C)cn1. The summed E-state index contributed by atoms with van der Waals surface area (Å²) in [5, 5.41) is 13.9. The summed E-state index contributed by atoms with van der Waals surface area (Å²) in [6.07, 6.45) is 2.79. The Morgan fingerprint density at radius 3 is 2.48 bits per heavy atom. The minimum absolute atomic E-state index is 0.106. The average Bonchev–Trinajstić information content (AvgIpc) is 2.67. The molecular weight excluding hydrogens is 374 g/mol. The largest absolute Gasteiger partial charge is 0.444 e. The van der Waals surface area contributed by atoms with Gasteiger partial charge in [-0.15, -0.1) is 0 Å². The van der Waals surface area contributed by atoms with Gasteiger partial charge in [0.05, 0.1) is 29.7 Å². The zero-order chi connectivity index (χ0) is 21.4. The number of benzene rings is 1. The van der Waals surface area contributed by atoms with Crippen molar-refractivity contribution in [1.82, 2.24) is 15.3 Å². The number of amides is 2. The van der Waals surface area contributed by atoms with Crippen LogP contribution < -0.4 is 15.4 Å². The molecule has 2 rings (SSSR count). The average molecular weight is 397 g/mol. The van der Waals surface area contributed by atoms with Gasteiger partial charge in [-0.3, -0.25) is 4.79 Å². The third-order valence-corrected chi connectivity index (χ3v) is 3.48. The number of ether oxygens (including phenoxy) is 2. The fourth-order valence-corrected chi connectivity index (χ4v) is 2.23. The molecule has 0 bridgehead atoms. The Hall–Kier alpha value is -3.67. The fourth-order valence-electron chi connectivity index (χ4n) is 2.23. The van der Waals surface area contributed by atoms with Gasteiger partial charge in [0.2, 0.25) is 5.91 Å². The standard InChI is InChI=1S/C20H23N5O4/c1-5-14-8-13(9-21)6-7-16(14)28-18-22-10-15(11-23-18)25-17(26)12-24-19(27)29-20(2,3)4/h6-8,10-11H,5,12H2,1-4H3,(H,24,27)(H,25,26). The van der Waals surface area contributed by atoms with Gasteiger partial charge < -0.3 is 20.1 Å². The van der Waals surface area contributed by atoms with E-state index in [1.165, 1.54) is 12.4 Å². The summed E-state index contributed by atoms with van der Waals surface area (Å²) >= 11 is 0. The maximum absolute atomic E-state index is 11.9. The van der Waals surface area contributed by atoms with E-state index in [0.717, 1.165) is 5.56 Å². The van der Waals surface area contributed by atoms with Gasteiger partial charge >= 0.3 is 12.1 Å². The number of aryl methyl sites for hydroxylation is 1. The maximum Gasteiger partial charge on any atom is 0.408 e. The van der Waals surface area contributed by atoms with E-state index in [4.69, 9.17) is 14.7 Å². The number of anilines is 1. The van der Waals surface area contributed by atoms with E-state index in [1.54, 1.807) is 39.0 Å². The first-order valence-electron chi connectivity index (χ1n) is 9.00. The first-order chi connectivity index (χ1) is 13.7. The van der Waals surface area contributed by atoms with Gasteiger partial charge in [0.15, 0.2) is 0 Å². The minimum atomic E-state index is -0.679. The Morgan fingerprint density at radius 1 is 1.21 bits per heavy atom. The summed E-state index contributed by atoms with van der Waals surface area (Å²) in [5.41, 5.74) is 1.12. The molecule has 9 heteroatoms. The van der Waals surface area contributed by atoms with Gasteiger partial charge in [0.1, 0.15) is 17.9 Å². The van der Waals surface area contributed by atoms with Crippen molar-refractivity contribution in [2.45, 2.75) is 39.7 Å². The second-order valence-corrected chi connectivity index (χ2v) is 7.05. The van der Waals surface area contributed by atoms with Crippen LogP contribution in [-0.2, 0) is 16.0 Å². The zero-order valence-corrected chi connectivity index (χ0v) is 16.8. The molecule has 0 aliphatic carbocycles. The van der Waals surface area contributed by atoms with Crippen molar-refractivity contribution in [2.24, 2.45) is 0 Å². The Kier molecular flexibility index (Phi) is 7.09. The summed E-state index contributed by atoms with van der Waals surface area (Å²) in [6, 6.07) is 7.29. The summed E-state index contributed by atoms with van der Waals surface area (Å²) in [7, 11) is 0. The molecule has 0 aliphatic rings. The predicted octanol–water partition coefficient (Wildman–Crippen LogP) is 3.17. The molecule has 0 fully saturated rings. The topological polar surface area (TPSA) is 126 Å². The number of nitrogens with one attached hydrogen (secondary N) is 2. The molecule has 0 saturated heterocycles. The molecule has 9 nitrogen and oxygen atoms in total. The van der Waals surface area contributed by atoms with Gasteiger partial charge in [-0.1, -0.05) is 6.92 Å². The Labute approximate surface area is 169 Å². The molecular formula is C20H23N5O4. The lowest BCUT2D eigenvalue weighted by molar-refractivity contribution is -0.115. The second kappa shape index (κ2) is 9.50. The van der Waals surface area contributed by atoms with Crippen LogP contribution in [0.4, 0.5) is 10.5 Å². The van der Waals surface area contributed by atoms with Crippen LogP contribution in [0.1, 0.15) is 38.8 Å². The molecule has 2 amide bonds. The Balaban J connectivity index is 1.91. The molecule has 1 heterocycles. The maximum atomic E-state index is 11.9. The lowest BCUT2D eigenvalue weighted by atomic mass is 10.1. The molecule has 0 atom stereocenters. The smallest absolute Gasteiger partial charge is 0.408 e. The second-order valence-electron chi connectivity index (χ2n) is 7.05. The highest BCUT2D eigenvalue weighted by molar-refractivity contribution is 5.93. The van der Waals surface area contributed by atoms with Crippen LogP contribution in [-0.4, -0.2) is 34.1 Å². The molecule has 0 spiro atoms. The molecule has 0 aliphatic heterocycles. The van der Waals surface area contributed by atoms with Crippen molar-refractivity contribution in [1.29, 1.82) is 5.26 Å². The number of hydrogen-bond acceptors (Lipinski definition) is 7. The first-order valence-corrected chi connectivity index (χ1v) is 9.00. The molecule has 2 N–H and O–H groups in total. The molecule has 152 valence electrons. The highest BCUT2D eigenvalue weighted by Gasteiger charge is 2.16. The molecule has 1 aromatic carbocycles. The quantitative estimate of drug-likeness (QED) is 0.766. The molecule has 0 unspecified atom stereocenters. The van der Waals surface area contributed by atoms with Gasteiger partial charge in [0.25, 0.3) is 0 Å². The van der Waals surface area contributed by atoms with Crippen LogP contribution >= 0.6 is 0 Å². The molecule has 0 saturated carbocycles. The van der Waals surface area contributed by atoms with Crippen molar-refractivity contribution in [2.75, 3.05) is 11.9 Å². The van der Waals surface area contributed by atoms with Crippen LogP contribution in [0.2, 0.25) is 0 Å². The van der Waals surface area contributed by atoms with Crippen LogP contribution in [0.5, 0.6) is 11.8 Å². The van der Waals surface area contributed by atoms with E-state index in [1.807, 2.05) is 6.92 Å². The van der Waals surface area contributed by atoms with Crippen LogP contribution in [0.25, 0.3) is 0 Å². The predicted molar refractivity (Wildman–Crippen MR) is 106 cm³/mol. The monoisotopic (exact) mass is 397 g/mol. The van der Waals surface area contributed by atoms with Crippen molar-refractivity contribution >= 4 is 17.7 Å². The number of carbonyl (C=O) groups excluding carboxylic acids is 2. The summed E-state index contributed by atoms with van der Waals surface area (Å²) < 4.78 is 10.7. The van der Waals surface area contributed by atoms with Crippen LogP contribution in [0.15, 0.2) is 30.6 Å². The van der Waals surface area contributed by atoms with Crippen molar-refractivity contribution in [3.05, 3.63) is 41.7 Å². The summed E-state index contributed by atoms with van der Waals surface area (Å²) in [5.74, 6) is 0.110. The highest BCUT2D eigenvalue weighted by atomic mass is 16.6. The van der Waals surface area contributed by atoms with Crippen molar-refractivity contribution in [3.8, 4) is 17.8 Å². The van der Waals surface area contributed by atoms with Crippen LogP contribution in [0.3, 0.4) is 0 Å². The molecule has 1 aromatic heterocycles. The summed E-state index contributed by atoms with van der Waals surface area (Å²) in [4.78, 5) is 31.6. The highest BCUT2D eigenvalue weighted by Crippen LogP contribution is 2.24. The van der Waals surface area contributed by atoms with E-state index >= 15 is 0 Å². The van der Waals surface area contributed by atoms with Gasteiger partial charge in [-0.05, 0) is 51.0 Å². The molecule has 2 aromatic rings. The normalized spacial score (nSPS) is 10.6. The summed E-state index contributed by atoms with van der Waals surface area (Å²) in [6.45, 7) is 6.89. The third-order valence-electron chi connectivity index (χ3n) is 3.48. The van der Waals surface area contributed by atoms with E-state index < -0.39 is 17.6 Å². The lowest BCUT2D eigenvalue weighted by Gasteiger charge is -2.19. The van der Waals surface area contributed by atoms with E-state index in [2.05, 4.69) is 26.7 Å². The third kappa shape index (κ3) is 7.10. The number of nitriles is 1. The minimum Gasteiger partial charge on any atom is -0.444 e. The van der Waals surface area contributed by atoms with Gasteiger partial charge in [0, 0.05) is 0 Å². The number of carbonyl (C=O) groups is 2. The van der Waals surface area contributed by atoms with E-state index in [0.29, 0.717) is 23.4 Å². The van der Waals surface area contributed by atoms with Gasteiger partial charge in [-0.25, -0.2) is 14.8 Å². The number of alkyl carbamates (subject to hydrolysis) is 1.